The SMILES string of the molecule is COCC(=O)Nc1cccc(NC(=O)NCCc2n[nH]c(C)n2)c1C. The van der Waals surface area contributed by atoms with Crippen LogP contribution in [-0.2, 0) is 16.0 Å². The van der Waals surface area contributed by atoms with Gasteiger partial charge in [-0.05, 0) is 31.5 Å². The zero-order valence-corrected chi connectivity index (χ0v) is 14.5. The van der Waals surface area contributed by atoms with E-state index in [1.807, 2.05) is 13.8 Å². The van der Waals surface area contributed by atoms with Crippen molar-refractivity contribution in [3.63, 3.8) is 0 Å². The van der Waals surface area contributed by atoms with Crippen LogP contribution in [0.5, 0.6) is 0 Å². The summed E-state index contributed by atoms with van der Waals surface area (Å²) in [6.07, 6.45) is 0.532. The predicted octanol–water partition coefficient (Wildman–Crippen LogP) is 1.37. The standard InChI is InChI=1S/C16H22N6O3/c1-10-12(19-15(23)9-25-3)5-4-6-13(10)20-16(24)17-8-7-14-18-11(2)21-22-14/h4-6H,7-9H2,1-3H3,(H,19,23)(H2,17,20,24)(H,18,21,22). The number of anilines is 2. The fraction of sp³-hybridized carbons (Fsp3) is 0.375. The molecule has 0 fully saturated rings. The average molecular weight is 346 g/mol. The third-order valence-corrected chi connectivity index (χ3v) is 3.41. The number of hydrogen-bond acceptors (Lipinski definition) is 5. The minimum atomic E-state index is -0.337. The number of hydrogen-bond donors (Lipinski definition) is 4. The van der Waals surface area contributed by atoms with Crippen LogP contribution in [0.15, 0.2) is 18.2 Å². The summed E-state index contributed by atoms with van der Waals surface area (Å²) < 4.78 is 4.79. The zero-order chi connectivity index (χ0) is 18.2. The van der Waals surface area contributed by atoms with E-state index < -0.39 is 0 Å². The van der Waals surface area contributed by atoms with Crippen LogP contribution in [0.1, 0.15) is 17.2 Å². The van der Waals surface area contributed by atoms with E-state index in [1.54, 1.807) is 18.2 Å². The van der Waals surface area contributed by atoms with Crippen molar-refractivity contribution in [2.75, 3.05) is 30.9 Å². The van der Waals surface area contributed by atoms with Gasteiger partial charge in [0.2, 0.25) is 5.91 Å². The molecule has 0 saturated heterocycles. The molecule has 0 bridgehead atoms. The lowest BCUT2D eigenvalue weighted by Gasteiger charge is -2.13. The fourth-order valence-corrected chi connectivity index (χ4v) is 2.18. The first-order chi connectivity index (χ1) is 12.0. The number of aryl methyl sites for hydroxylation is 1. The minimum Gasteiger partial charge on any atom is -0.375 e. The number of amides is 3. The maximum atomic E-state index is 12.0. The average Bonchev–Trinajstić information content (AvgIpc) is 2.97. The second kappa shape index (κ2) is 8.78. The molecule has 1 heterocycles. The van der Waals surface area contributed by atoms with E-state index in [0.29, 0.717) is 30.2 Å². The van der Waals surface area contributed by atoms with Gasteiger partial charge in [0.25, 0.3) is 0 Å². The van der Waals surface area contributed by atoms with Crippen LogP contribution in [0.3, 0.4) is 0 Å². The van der Waals surface area contributed by atoms with E-state index in [-0.39, 0.29) is 18.5 Å². The molecule has 1 aromatic heterocycles. The van der Waals surface area contributed by atoms with Crippen LogP contribution in [0.2, 0.25) is 0 Å². The summed E-state index contributed by atoms with van der Waals surface area (Å²) in [6.45, 7) is 4.01. The molecule has 0 spiro atoms. The molecule has 9 heteroatoms. The number of ether oxygens (including phenoxy) is 1. The molecule has 0 aliphatic rings. The summed E-state index contributed by atoms with van der Waals surface area (Å²) in [6, 6.07) is 4.94. The number of nitrogens with one attached hydrogen (secondary N) is 4. The summed E-state index contributed by atoms with van der Waals surface area (Å²) in [4.78, 5) is 27.8. The molecule has 25 heavy (non-hydrogen) atoms. The van der Waals surface area contributed by atoms with Gasteiger partial charge in [-0.15, -0.1) is 0 Å². The topological polar surface area (TPSA) is 121 Å². The minimum absolute atomic E-state index is 0.0295. The van der Waals surface area contributed by atoms with E-state index >= 15 is 0 Å². The molecular weight excluding hydrogens is 324 g/mol. The Kier molecular flexibility index (Phi) is 6.47. The van der Waals surface area contributed by atoms with Crippen molar-refractivity contribution in [2.45, 2.75) is 20.3 Å². The molecule has 0 aliphatic carbocycles. The van der Waals surface area contributed by atoms with Crippen LogP contribution in [0.4, 0.5) is 16.2 Å². The quantitative estimate of drug-likeness (QED) is 0.603. The Labute approximate surface area is 145 Å². The first-order valence-electron chi connectivity index (χ1n) is 7.80. The Morgan fingerprint density at radius 2 is 1.92 bits per heavy atom. The second-order valence-electron chi connectivity index (χ2n) is 5.43. The highest BCUT2D eigenvalue weighted by Crippen LogP contribution is 2.23. The third kappa shape index (κ3) is 5.57. The van der Waals surface area contributed by atoms with Crippen molar-refractivity contribution in [3.05, 3.63) is 35.4 Å². The third-order valence-electron chi connectivity index (χ3n) is 3.41. The fourth-order valence-electron chi connectivity index (χ4n) is 2.18. The second-order valence-corrected chi connectivity index (χ2v) is 5.43. The highest BCUT2D eigenvalue weighted by molar-refractivity contribution is 5.95. The van der Waals surface area contributed by atoms with Gasteiger partial charge in [-0.1, -0.05) is 6.07 Å². The number of aromatic amines is 1. The van der Waals surface area contributed by atoms with Crippen LogP contribution < -0.4 is 16.0 Å². The monoisotopic (exact) mass is 346 g/mol. The number of benzene rings is 1. The Balaban J connectivity index is 1.88. The van der Waals surface area contributed by atoms with E-state index in [4.69, 9.17) is 4.74 Å². The number of rotatable bonds is 7. The lowest BCUT2D eigenvalue weighted by Crippen LogP contribution is -2.31. The zero-order valence-electron chi connectivity index (χ0n) is 14.5. The smallest absolute Gasteiger partial charge is 0.319 e. The maximum absolute atomic E-state index is 12.0. The van der Waals surface area contributed by atoms with Crippen LogP contribution in [-0.4, -0.2) is 47.4 Å². The van der Waals surface area contributed by atoms with Crippen molar-refractivity contribution < 1.29 is 14.3 Å². The van der Waals surface area contributed by atoms with Crippen LogP contribution in [0.25, 0.3) is 0 Å². The van der Waals surface area contributed by atoms with Gasteiger partial charge in [0, 0.05) is 31.5 Å². The Morgan fingerprint density at radius 1 is 1.20 bits per heavy atom. The molecule has 0 aliphatic heterocycles. The Hall–Kier alpha value is -2.94. The number of H-pyrrole nitrogens is 1. The Morgan fingerprint density at radius 3 is 2.56 bits per heavy atom. The molecule has 2 rings (SSSR count). The van der Waals surface area contributed by atoms with Crippen molar-refractivity contribution in [3.8, 4) is 0 Å². The molecule has 3 amide bonds. The van der Waals surface area contributed by atoms with Gasteiger partial charge < -0.3 is 20.7 Å². The van der Waals surface area contributed by atoms with E-state index in [1.165, 1.54) is 7.11 Å². The van der Waals surface area contributed by atoms with Gasteiger partial charge in [0.1, 0.15) is 12.4 Å². The van der Waals surface area contributed by atoms with E-state index in [9.17, 15) is 9.59 Å². The van der Waals surface area contributed by atoms with Crippen molar-refractivity contribution >= 4 is 23.3 Å². The summed E-state index contributed by atoms with van der Waals surface area (Å²) in [5.41, 5.74) is 1.99. The number of urea groups is 1. The highest BCUT2D eigenvalue weighted by Gasteiger charge is 2.10. The van der Waals surface area contributed by atoms with Crippen molar-refractivity contribution in [1.82, 2.24) is 20.5 Å². The molecule has 2 aromatic rings. The largest absolute Gasteiger partial charge is 0.375 e. The van der Waals surface area contributed by atoms with Crippen molar-refractivity contribution in [2.24, 2.45) is 0 Å². The van der Waals surface area contributed by atoms with Crippen LogP contribution >= 0.6 is 0 Å². The molecule has 0 unspecified atom stereocenters. The van der Waals surface area contributed by atoms with Crippen LogP contribution in [0, 0.1) is 13.8 Å². The Bertz CT molecular complexity index is 743. The molecular formula is C16H22N6O3. The maximum Gasteiger partial charge on any atom is 0.319 e. The lowest BCUT2D eigenvalue weighted by molar-refractivity contribution is -0.119. The molecule has 134 valence electrons. The van der Waals surface area contributed by atoms with Gasteiger partial charge in [-0.25, -0.2) is 9.78 Å². The first-order valence-corrected chi connectivity index (χ1v) is 7.80. The number of methoxy groups -OCH3 is 1. The molecule has 9 nitrogen and oxygen atoms in total. The van der Waals surface area contributed by atoms with E-state index in [2.05, 4.69) is 31.1 Å². The molecule has 0 saturated carbocycles. The lowest BCUT2D eigenvalue weighted by atomic mass is 10.1. The molecule has 0 radical (unpaired) electrons. The van der Waals surface area contributed by atoms with E-state index in [0.717, 1.165) is 11.4 Å². The number of aromatic nitrogens is 3. The molecule has 4 N–H and O–H groups in total. The van der Waals surface area contributed by atoms with Gasteiger partial charge in [0.05, 0.1) is 0 Å². The summed E-state index contributed by atoms with van der Waals surface area (Å²) in [7, 11) is 1.45. The van der Waals surface area contributed by atoms with Gasteiger partial charge in [-0.3, -0.25) is 9.89 Å². The number of carbonyl (C=O) groups excluding carboxylic acids is 2. The van der Waals surface area contributed by atoms with Crippen molar-refractivity contribution in [1.29, 1.82) is 0 Å². The molecule has 0 atom stereocenters. The van der Waals surface area contributed by atoms with Gasteiger partial charge in [0.15, 0.2) is 5.82 Å². The summed E-state index contributed by atoms with van der Waals surface area (Å²) in [5.74, 6) is 1.13. The number of nitrogens with zero attached hydrogens (tertiary/aromatic N) is 2. The normalized spacial score (nSPS) is 10.4. The predicted molar refractivity (Wildman–Crippen MR) is 93.5 cm³/mol. The van der Waals surface area contributed by atoms with Gasteiger partial charge >= 0.3 is 6.03 Å². The summed E-state index contributed by atoms with van der Waals surface area (Å²) in [5, 5.41) is 15.0. The number of carbonyl (C=O) groups is 2. The van der Waals surface area contributed by atoms with Gasteiger partial charge in [-0.2, -0.15) is 5.10 Å². The highest BCUT2D eigenvalue weighted by atomic mass is 16.5. The molecule has 1 aromatic carbocycles. The summed E-state index contributed by atoms with van der Waals surface area (Å²) >= 11 is 0. The first kappa shape index (κ1) is 18.4.